The van der Waals surface area contributed by atoms with Gasteiger partial charge in [-0.05, 0) is 43.3 Å². The molecule has 21 heavy (non-hydrogen) atoms. The summed E-state index contributed by atoms with van der Waals surface area (Å²) >= 11 is 0. The van der Waals surface area contributed by atoms with Gasteiger partial charge in [-0.15, -0.1) is 0 Å². The lowest BCUT2D eigenvalue weighted by Gasteiger charge is -1.98. The van der Waals surface area contributed by atoms with Crippen molar-refractivity contribution in [2.24, 2.45) is 0 Å². The normalized spacial score (nSPS) is 12.8. The minimum atomic E-state index is 0.00419. The molecule has 2 aromatic carbocycles. The van der Waals surface area contributed by atoms with Crippen LogP contribution in [-0.2, 0) is 0 Å². The number of rotatable bonds is 2. The maximum atomic E-state index is 11.4. The minimum Gasteiger partial charge on any atom is -0.454 e. The van der Waals surface area contributed by atoms with Gasteiger partial charge in [-0.3, -0.25) is 4.79 Å². The van der Waals surface area contributed by atoms with Crippen LogP contribution < -0.4 is 9.47 Å². The van der Waals surface area contributed by atoms with Crippen LogP contribution in [0.2, 0.25) is 0 Å². The van der Waals surface area contributed by atoms with Crippen molar-refractivity contribution >= 4 is 16.9 Å². The maximum Gasteiger partial charge on any atom is 0.231 e. The number of hydrogen-bond donors (Lipinski definition) is 0. The van der Waals surface area contributed by atoms with E-state index < -0.39 is 0 Å². The number of benzene rings is 2. The fourth-order valence-electron chi connectivity index (χ4n) is 2.30. The molecular formula is C16H11NO4. The Morgan fingerprint density at radius 1 is 1.10 bits per heavy atom. The predicted octanol–water partition coefficient (Wildman–Crippen LogP) is 3.43. The zero-order valence-electron chi connectivity index (χ0n) is 11.3. The molecule has 0 fully saturated rings. The Morgan fingerprint density at radius 3 is 2.81 bits per heavy atom. The third kappa shape index (κ3) is 1.94. The highest BCUT2D eigenvalue weighted by atomic mass is 16.7. The quantitative estimate of drug-likeness (QED) is 0.673. The first kappa shape index (κ1) is 12.0. The number of fused-ring (bicyclic) bond motifs is 2. The van der Waals surface area contributed by atoms with Gasteiger partial charge < -0.3 is 13.9 Å². The molecular weight excluding hydrogens is 270 g/mol. The molecule has 5 nitrogen and oxygen atoms in total. The van der Waals surface area contributed by atoms with Gasteiger partial charge in [0.2, 0.25) is 12.7 Å². The van der Waals surface area contributed by atoms with E-state index in [0.29, 0.717) is 34.1 Å². The van der Waals surface area contributed by atoms with Crippen LogP contribution in [0.5, 0.6) is 11.5 Å². The summed E-state index contributed by atoms with van der Waals surface area (Å²) in [6.45, 7) is 1.76. The van der Waals surface area contributed by atoms with E-state index in [1.54, 1.807) is 18.2 Å². The van der Waals surface area contributed by atoms with E-state index >= 15 is 0 Å². The number of ketones is 1. The van der Waals surface area contributed by atoms with Crippen molar-refractivity contribution in [2.75, 3.05) is 6.79 Å². The van der Waals surface area contributed by atoms with E-state index in [1.807, 2.05) is 18.2 Å². The van der Waals surface area contributed by atoms with Gasteiger partial charge in [0.25, 0.3) is 0 Å². The third-order valence-corrected chi connectivity index (χ3v) is 3.41. The van der Waals surface area contributed by atoms with Gasteiger partial charge in [0.05, 0.1) is 0 Å². The van der Waals surface area contributed by atoms with Crippen LogP contribution in [0, 0.1) is 0 Å². The molecule has 0 unspecified atom stereocenters. The Kier molecular flexibility index (Phi) is 2.47. The molecule has 0 atom stereocenters. The molecule has 0 bridgehead atoms. The molecule has 5 heteroatoms. The number of aromatic nitrogens is 1. The van der Waals surface area contributed by atoms with Gasteiger partial charge in [0, 0.05) is 11.1 Å². The third-order valence-electron chi connectivity index (χ3n) is 3.41. The van der Waals surface area contributed by atoms with E-state index in [9.17, 15) is 4.79 Å². The second-order valence-corrected chi connectivity index (χ2v) is 4.83. The lowest BCUT2D eigenvalue weighted by molar-refractivity contribution is 0.101. The van der Waals surface area contributed by atoms with Gasteiger partial charge in [0.15, 0.2) is 22.9 Å². The molecule has 0 N–H and O–H groups in total. The molecule has 0 saturated heterocycles. The van der Waals surface area contributed by atoms with Crippen molar-refractivity contribution in [3.63, 3.8) is 0 Å². The minimum absolute atomic E-state index is 0.00419. The number of carbonyl (C=O) groups is 1. The zero-order valence-corrected chi connectivity index (χ0v) is 11.3. The van der Waals surface area contributed by atoms with Gasteiger partial charge in [0.1, 0.15) is 5.52 Å². The van der Waals surface area contributed by atoms with Gasteiger partial charge >= 0.3 is 0 Å². The number of ether oxygens (including phenoxy) is 2. The smallest absolute Gasteiger partial charge is 0.231 e. The Hall–Kier alpha value is -2.82. The zero-order chi connectivity index (χ0) is 14.4. The molecule has 0 amide bonds. The first-order chi connectivity index (χ1) is 10.2. The van der Waals surface area contributed by atoms with E-state index in [-0.39, 0.29) is 12.6 Å². The van der Waals surface area contributed by atoms with Crippen molar-refractivity contribution in [3.8, 4) is 23.0 Å². The Morgan fingerprint density at radius 2 is 1.95 bits per heavy atom. The van der Waals surface area contributed by atoms with E-state index in [4.69, 9.17) is 13.9 Å². The predicted molar refractivity (Wildman–Crippen MR) is 75.6 cm³/mol. The van der Waals surface area contributed by atoms with Crippen LogP contribution in [0.4, 0.5) is 0 Å². The number of oxazole rings is 1. The highest BCUT2D eigenvalue weighted by Gasteiger charge is 2.16. The number of nitrogens with zero attached hydrogens (tertiary/aromatic N) is 1. The van der Waals surface area contributed by atoms with Crippen molar-refractivity contribution < 1.29 is 18.7 Å². The van der Waals surface area contributed by atoms with Crippen LogP contribution in [0.3, 0.4) is 0 Å². The lowest BCUT2D eigenvalue weighted by atomic mass is 10.1. The number of carbonyl (C=O) groups excluding carboxylic acids is 1. The Balaban J connectivity index is 1.81. The van der Waals surface area contributed by atoms with Crippen LogP contribution >= 0.6 is 0 Å². The highest BCUT2D eigenvalue weighted by molar-refractivity contribution is 5.97. The van der Waals surface area contributed by atoms with E-state index in [2.05, 4.69) is 4.98 Å². The SMILES string of the molecule is CC(=O)c1ccc2oc(-c3ccc4c(c3)OCO4)nc2c1. The van der Waals surface area contributed by atoms with E-state index in [0.717, 1.165) is 5.56 Å². The molecule has 2 heterocycles. The fourth-order valence-corrected chi connectivity index (χ4v) is 2.30. The summed E-state index contributed by atoms with van der Waals surface area (Å²) in [5, 5.41) is 0. The summed E-state index contributed by atoms with van der Waals surface area (Å²) in [5.41, 5.74) is 2.73. The Bertz CT molecular complexity index is 866. The lowest BCUT2D eigenvalue weighted by Crippen LogP contribution is -1.92. The van der Waals surface area contributed by atoms with Crippen molar-refractivity contribution in [1.29, 1.82) is 0 Å². The van der Waals surface area contributed by atoms with Crippen molar-refractivity contribution in [1.82, 2.24) is 4.98 Å². The van der Waals surface area contributed by atoms with Crippen LogP contribution in [0.15, 0.2) is 40.8 Å². The summed E-state index contributed by atoms with van der Waals surface area (Å²) in [6.07, 6.45) is 0. The summed E-state index contributed by atoms with van der Waals surface area (Å²) in [6, 6.07) is 10.8. The van der Waals surface area contributed by atoms with Crippen LogP contribution in [0.25, 0.3) is 22.6 Å². The summed E-state index contributed by atoms with van der Waals surface area (Å²) in [4.78, 5) is 15.8. The fraction of sp³-hybridized carbons (Fsp3) is 0.125. The number of hydrogen-bond acceptors (Lipinski definition) is 5. The second-order valence-electron chi connectivity index (χ2n) is 4.83. The molecule has 0 spiro atoms. The average Bonchev–Trinajstić information content (AvgIpc) is 3.11. The molecule has 0 aliphatic carbocycles. The molecule has 0 saturated carbocycles. The highest BCUT2D eigenvalue weighted by Crippen LogP contribution is 2.36. The maximum absolute atomic E-state index is 11.4. The van der Waals surface area contributed by atoms with Crippen molar-refractivity contribution in [2.45, 2.75) is 6.92 Å². The van der Waals surface area contributed by atoms with Gasteiger partial charge in [-0.25, -0.2) is 4.98 Å². The number of Topliss-reactive ketones (excluding diaryl/α,β-unsaturated/α-hetero) is 1. The average molecular weight is 281 g/mol. The van der Waals surface area contributed by atoms with Crippen molar-refractivity contribution in [3.05, 3.63) is 42.0 Å². The molecule has 1 aliphatic heterocycles. The first-order valence-corrected chi connectivity index (χ1v) is 6.52. The molecule has 104 valence electrons. The first-order valence-electron chi connectivity index (χ1n) is 6.52. The molecule has 4 rings (SSSR count). The molecule has 3 aromatic rings. The van der Waals surface area contributed by atoms with Gasteiger partial charge in [-0.1, -0.05) is 0 Å². The molecule has 1 aliphatic rings. The summed E-state index contributed by atoms with van der Waals surface area (Å²) < 4.78 is 16.4. The largest absolute Gasteiger partial charge is 0.454 e. The molecule has 0 radical (unpaired) electrons. The summed E-state index contributed by atoms with van der Waals surface area (Å²) in [7, 11) is 0. The Labute approximate surface area is 120 Å². The molecule has 1 aromatic heterocycles. The van der Waals surface area contributed by atoms with E-state index in [1.165, 1.54) is 6.92 Å². The van der Waals surface area contributed by atoms with Crippen LogP contribution in [0.1, 0.15) is 17.3 Å². The standard InChI is InChI=1S/C16H11NO4/c1-9(18)10-2-4-13-12(6-10)17-16(21-13)11-3-5-14-15(7-11)20-8-19-14/h2-7H,8H2,1H3. The topological polar surface area (TPSA) is 61.6 Å². The second kappa shape index (κ2) is 4.34. The summed E-state index contributed by atoms with van der Waals surface area (Å²) in [5.74, 6) is 1.89. The monoisotopic (exact) mass is 281 g/mol. The van der Waals surface area contributed by atoms with Crippen LogP contribution in [-0.4, -0.2) is 17.6 Å². The van der Waals surface area contributed by atoms with Gasteiger partial charge in [-0.2, -0.15) is 0 Å².